The number of para-hydroxylation sites is 1. The Kier molecular flexibility index (Phi) is 6.69. The molecule has 0 bridgehead atoms. The van der Waals surface area contributed by atoms with E-state index < -0.39 is 29.6 Å². The molecule has 0 aliphatic heterocycles. The summed E-state index contributed by atoms with van der Waals surface area (Å²) in [4.78, 5) is 36.7. The highest BCUT2D eigenvalue weighted by atomic mass is 35.5. The van der Waals surface area contributed by atoms with Gasteiger partial charge in [0.05, 0.1) is 5.02 Å². The number of anilines is 1. The lowest BCUT2D eigenvalue weighted by Gasteiger charge is -2.22. The molecule has 0 saturated heterocycles. The summed E-state index contributed by atoms with van der Waals surface area (Å²) >= 11 is 6.10. The molecule has 0 aliphatic rings. The lowest BCUT2D eigenvalue weighted by atomic mass is 10.2. The average Bonchev–Trinajstić information content (AvgIpc) is 2.94. The Labute approximate surface area is 168 Å². The number of rotatable bonds is 5. The van der Waals surface area contributed by atoms with Gasteiger partial charge in [0.25, 0.3) is 11.8 Å². The number of nitrogens with zero attached hydrogens (tertiary/aromatic N) is 1. The lowest BCUT2D eigenvalue weighted by Crippen LogP contribution is -2.46. The summed E-state index contributed by atoms with van der Waals surface area (Å²) in [7, 11) is 0. The number of benzene rings is 1. The first kappa shape index (κ1) is 21.3. The van der Waals surface area contributed by atoms with Crippen molar-refractivity contribution >= 4 is 35.2 Å². The normalized spacial score (nSPS) is 12.0. The molecule has 1 aromatic carbocycles. The van der Waals surface area contributed by atoms with Crippen LogP contribution >= 0.6 is 11.6 Å². The van der Waals surface area contributed by atoms with Crippen molar-refractivity contribution in [3.63, 3.8) is 0 Å². The van der Waals surface area contributed by atoms with E-state index in [4.69, 9.17) is 16.3 Å². The number of nitrogens with one attached hydrogen (secondary N) is 3. The second kappa shape index (κ2) is 8.79. The van der Waals surface area contributed by atoms with Crippen LogP contribution in [0.4, 0.5) is 10.5 Å². The molecule has 0 aliphatic carbocycles. The van der Waals surface area contributed by atoms with Crippen LogP contribution in [0.25, 0.3) is 0 Å². The molecule has 9 heteroatoms. The maximum Gasteiger partial charge on any atom is 0.408 e. The van der Waals surface area contributed by atoms with E-state index in [9.17, 15) is 14.4 Å². The van der Waals surface area contributed by atoms with E-state index in [1.807, 2.05) is 6.07 Å². The molecule has 2 rings (SSSR count). The summed E-state index contributed by atoms with van der Waals surface area (Å²) in [6.07, 6.45) is 0.725. The van der Waals surface area contributed by atoms with Gasteiger partial charge in [0.1, 0.15) is 17.3 Å². The monoisotopic (exact) mass is 406 g/mol. The van der Waals surface area contributed by atoms with E-state index in [0.717, 1.165) is 0 Å². The van der Waals surface area contributed by atoms with Gasteiger partial charge in [-0.05, 0) is 45.9 Å². The van der Waals surface area contributed by atoms with Crippen molar-refractivity contribution in [1.82, 2.24) is 9.99 Å². The number of carbonyl (C=O) groups is 3. The summed E-state index contributed by atoms with van der Waals surface area (Å²) in [5.74, 6) is -1.04. The topological polar surface area (TPSA) is 101 Å². The molecular formula is C19H23ClN4O4. The maximum absolute atomic E-state index is 12.5. The summed E-state index contributed by atoms with van der Waals surface area (Å²) in [6.45, 7) is 6.65. The van der Waals surface area contributed by atoms with Gasteiger partial charge in [-0.1, -0.05) is 29.8 Å². The minimum atomic E-state index is -0.902. The standard InChI is InChI=1S/C19H23ClN4O4/c1-12(21-18(27)28-19(2,3)4)16(25)23-24-11-10-14(20)15(24)17(26)22-13-8-6-5-7-9-13/h5-12H,1-4H3,(H,21,27)(H,22,26)(H,23,25)/t12-/m0/s1. The predicted octanol–water partition coefficient (Wildman–Crippen LogP) is 3.38. The smallest absolute Gasteiger partial charge is 0.408 e. The van der Waals surface area contributed by atoms with Crippen molar-refractivity contribution < 1.29 is 19.1 Å². The van der Waals surface area contributed by atoms with Crippen molar-refractivity contribution in [3.05, 3.63) is 53.3 Å². The fourth-order valence-corrected chi connectivity index (χ4v) is 2.43. The van der Waals surface area contributed by atoms with Crippen molar-refractivity contribution in [2.24, 2.45) is 0 Å². The summed E-state index contributed by atoms with van der Waals surface area (Å²) in [6, 6.07) is 9.42. The average molecular weight is 407 g/mol. The van der Waals surface area contributed by atoms with Crippen molar-refractivity contribution in [1.29, 1.82) is 0 Å². The lowest BCUT2D eigenvalue weighted by molar-refractivity contribution is -0.118. The number of halogens is 1. The first-order chi connectivity index (χ1) is 13.1. The molecular weight excluding hydrogens is 384 g/mol. The van der Waals surface area contributed by atoms with Crippen LogP contribution in [0.5, 0.6) is 0 Å². The number of carbonyl (C=O) groups excluding carboxylic acids is 3. The molecule has 2 aromatic rings. The number of hydrogen-bond donors (Lipinski definition) is 3. The van der Waals surface area contributed by atoms with Gasteiger partial charge < -0.3 is 15.4 Å². The molecule has 0 spiro atoms. The summed E-state index contributed by atoms with van der Waals surface area (Å²) in [5, 5.41) is 5.30. The van der Waals surface area contributed by atoms with Crippen LogP contribution in [0.1, 0.15) is 38.2 Å². The quantitative estimate of drug-likeness (QED) is 0.708. The Morgan fingerprint density at radius 3 is 2.36 bits per heavy atom. The highest BCUT2D eigenvalue weighted by Crippen LogP contribution is 2.18. The Balaban J connectivity index is 2.05. The van der Waals surface area contributed by atoms with Gasteiger partial charge in [-0.2, -0.15) is 0 Å². The fraction of sp³-hybridized carbons (Fsp3) is 0.316. The maximum atomic E-state index is 12.5. The highest BCUT2D eigenvalue weighted by Gasteiger charge is 2.23. The fourth-order valence-electron chi connectivity index (χ4n) is 2.20. The second-order valence-electron chi connectivity index (χ2n) is 7.05. The number of hydrogen-bond acceptors (Lipinski definition) is 4. The molecule has 28 heavy (non-hydrogen) atoms. The molecule has 1 atom stereocenters. The zero-order valence-corrected chi connectivity index (χ0v) is 16.8. The van der Waals surface area contributed by atoms with Gasteiger partial charge in [-0.3, -0.25) is 19.7 Å². The molecule has 0 unspecified atom stereocenters. The first-order valence-corrected chi connectivity index (χ1v) is 8.98. The first-order valence-electron chi connectivity index (χ1n) is 8.60. The number of amides is 3. The Bertz CT molecular complexity index is 859. The molecule has 0 radical (unpaired) electrons. The molecule has 1 heterocycles. The Hall–Kier alpha value is -3.00. The van der Waals surface area contributed by atoms with Gasteiger partial charge >= 0.3 is 6.09 Å². The van der Waals surface area contributed by atoms with Crippen LogP contribution in [0.2, 0.25) is 5.02 Å². The largest absolute Gasteiger partial charge is 0.444 e. The molecule has 0 fully saturated rings. The molecule has 0 saturated carbocycles. The molecule has 150 valence electrons. The Morgan fingerprint density at radius 1 is 1.11 bits per heavy atom. The van der Waals surface area contributed by atoms with Gasteiger partial charge in [0.2, 0.25) is 0 Å². The van der Waals surface area contributed by atoms with E-state index >= 15 is 0 Å². The van der Waals surface area contributed by atoms with Crippen LogP contribution in [0, 0.1) is 0 Å². The van der Waals surface area contributed by atoms with Gasteiger partial charge in [0, 0.05) is 11.9 Å². The summed E-state index contributed by atoms with van der Waals surface area (Å²) in [5.41, 5.74) is 2.49. The molecule has 1 aromatic heterocycles. The van der Waals surface area contributed by atoms with E-state index in [2.05, 4.69) is 16.1 Å². The van der Waals surface area contributed by atoms with Crippen molar-refractivity contribution in [3.8, 4) is 0 Å². The number of ether oxygens (including phenoxy) is 1. The highest BCUT2D eigenvalue weighted by molar-refractivity contribution is 6.34. The third-order valence-electron chi connectivity index (χ3n) is 3.44. The van der Waals surface area contributed by atoms with Gasteiger partial charge in [-0.25, -0.2) is 4.79 Å². The molecule has 3 N–H and O–H groups in total. The summed E-state index contributed by atoms with van der Waals surface area (Å²) < 4.78 is 6.32. The van der Waals surface area contributed by atoms with E-state index in [0.29, 0.717) is 5.69 Å². The zero-order valence-electron chi connectivity index (χ0n) is 16.1. The third kappa shape index (κ3) is 6.02. The van der Waals surface area contributed by atoms with Crippen LogP contribution in [0.15, 0.2) is 42.6 Å². The van der Waals surface area contributed by atoms with Crippen LogP contribution in [0.3, 0.4) is 0 Å². The van der Waals surface area contributed by atoms with E-state index in [1.54, 1.807) is 45.0 Å². The third-order valence-corrected chi connectivity index (χ3v) is 3.75. The second-order valence-corrected chi connectivity index (χ2v) is 7.45. The predicted molar refractivity (Wildman–Crippen MR) is 107 cm³/mol. The van der Waals surface area contributed by atoms with Gasteiger partial charge in [0.15, 0.2) is 0 Å². The molecule has 8 nitrogen and oxygen atoms in total. The van der Waals surface area contributed by atoms with E-state index in [-0.39, 0.29) is 10.7 Å². The van der Waals surface area contributed by atoms with Crippen LogP contribution in [-0.2, 0) is 9.53 Å². The van der Waals surface area contributed by atoms with Crippen LogP contribution < -0.4 is 16.1 Å². The SMILES string of the molecule is C[C@H](NC(=O)OC(C)(C)C)C(=O)Nn1ccc(Cl)c1C(=O)Nc1ccccc1. The van der Waals surface area contributed by atoms with Crippen molar-refractivity contribution in [2.75, 3.05) is 10.7 Å². The van der Waals surface area contributed by atoms with Crippen molar-refractivity contribution in [2.45, 2.75) is 39.3 Å². The Morgan fingerprint density at radius 2 is 1.75 bits per heavy atom. The van der Waals surface area contributed by atoms with Crippen LogP contribution in [-0.4, -0.2) is 34.2 Å². The van der Waals surface area contributed by atoms with Gasteiger partial charge in [-0.15, -0.1) is 0 Å². The zero-order chi connectivity index (χ0) is 20.9. The number of alkyl carbamates (subject to hydrolysis) is 1. The van der Waals surface area contributed by atoms with E-state index in [1.165, 1.54) is 23.9 Å². The molecule has 3 amide bonds. The minimum absolute atomic E-state index is 0.0586. The minimum Gasteiger partial charge on any atom is -0.444 e. The number of aromatic nitrogens is 1.